The number of hydrogen-bond acceptors (Lipinski definition) is 5. The number of aliphatic hydroxyl groups is 2. The van der Waals surface area contributed by atoms with Crippen LogP contribution in [0.4, 0.5) is 4.39 Å². The highest BCUT2D eigenvalue weighted by Crippen LogP contribution is 2.30. The summed E-state index contributed by atoms with van der Waals surface area (Å²) in [6.45, 7) is -0.572. The van der Waals surface area contributed by atoms with Crippen LogP contribution in [0, 0.1) is 0 Å². The Labute approximate surface area is 108 Å². The molecule has 0 saturated carbocycles. The maximum absolute atomic E-state index is 13.8. The van der Waals surface area contributed by atoms with E-state index in [0.29, 0.717) is 0 Å². The molecule has 0 bridgehead atoms. The molecule has 1 fully saturated rings. The molecule has 1 aliphatic heterocycles. The molecule has 0 spiro atoms. The van der Waals surface area contributed by atoms with Gasteiger partial charge in [-0.3, -0.25) is 14.3 Å². The Balaban J connectivity index is 2.42. The predicted octanol–water partition coefficient (Wildman–Crippen LogP) is -1.11. The lowest BCUT2D eigenvalue weighted by Crippen LogP contribution is -2.36. The average molecular weight is 325 g/mol. The van der Waals surface area contributed by atoms with Gasteiger partial charge in [0.25, 0.3) is 5.56 Å². The van der Waals surface area contributed by atoms with Crippen molar-refractivity contribution in [3.05, 3.63) is 31.5 Å². The van der Waals surface area contributed by atoms with E-state index in [0.717, 1.165) is 10.8 Å². The van der Waals surface area contributed by atoms with Crippen molar-refractivity contribution in [3.8, 4) is 0 Å². The molecule has 4 atom stereocenters. The Morgan fingerprint density at radius 3 is 2.78 bits per heavy atom. The maximum atomic E-state index is 13.8. The zero-order valence-corrected chi connectivity index (χ0v) is 10.5. The number of ether oxygens (including phenoxy) is 1. The van der Waals surface area contributed by atoms with E-state index in [1.54, 1.807) is 0 Å². The van der Waals surface area contributed by atoms with E-state index in [4.69, 9.17) is 9.84 Å². The summed E-state index contributed by atoms with van der Waals surface area (Å²) >= 11 is 2.90. The lowest BCUT2D eigenvalue weighted by atomic mass is 10.1. The van der Waals surface area contributed by atoms with Crippen LogP contribution in [0.3, 0.4) is 0 Å². The van der Waals surface area contributed by atoms with Crippen LogP contribution in [0.5, 0.6) is 0 Å². The van der Waals surface area contributed by atoms with Crippen LogP contribution in [0.2, 0.25) is 0 Å². The molecule has 7 nitrogen and oxygen atoms in total. The Morgan fingerprint density at radius 1 is 1.56 bits per heavy atom. The first-order chi connectivity index (χ1) is 8.45. The van der Waals surface area contributed by atoms with Crippen molar-refractivity contribution in [2.75, 3.05) is 6.61 Å². The van der Waals surface area contributed by atoms with Crippen molar-refractivity contribution in [1.82, 2.24) is 9.55 Å². The van der Waals surface area contributed by atoms with Crippen LogP contribution in [-0.2, 0) is 4.74 Å². The molecule has 1 aromatic rings. The van der Waals surface area contributed by atoms with Gasteiger partial charge < -0.3 is 14.9 Å². The van der Waals surface area contributed by atoms with Gasteiger partial charge in [-0.1, -0.05) is 0 Å². The molecule has 1 unspecified atom stereocenters. The standard InChI is InChI=1S/C9H10BrFN2O5/c10-3-1-13(9(17)12-7(3)16)8-5(11)6(15)4(2-14)18-8/h1,4-6,8,14-15H,2H2,(H,12,16,17)/t4-,5-,6-,8?/m1/s1. The topological polar surface area (TPSA) is 105 Å². The first kappa shape index (κ1) is 13.4. The summed E-state index contributed by atoms with van der Waals surface area (Å²) in [4.78, 5) is 24.6. The van der Waals surface area contributed by atoms with Crippen molar-refractivity contribution < 1.29 is 19.3 Å². The molecule has 0 radical (unpaired) electrons. The van der Waals surface area contributed by atoms with Crippen molar-refractivity contribution in [1.29, 1.82) is 0 Å². The van der Waals surface area contributed by atoms with E-state index >= 15 is 0 Å². The number of alkyl halides is 1. The molecule has 0 aromatic carbocycles. The second-order valence-corrected chi connectivity index (χ2v) is 4.68. The summed E-state index contributed by atoms with van der Waals surface area (Å²) in [6, 6.07) is 0. The number of aromatic amines is 1. The van der Waals surface area contributed by atoms with Gasteiger partial charge in [0.15, 0.2) is 12.4 Å². The third kappa shape index (κ3) is 2.14. The summed E-state index contributed by atoms with van der Waals surface area (Å²) in [6.07, 6.45) is -4.83. The van der Waals surface area contributed by atoms with E-state index in [9.17, 15) is 19.1 Å². The predicted molar refractivity (Wildman–Crippen MR) is 60.9 cm³/mol. The molecule has 18 heavy (non-hydrogen) atoms. The fourth-order valence-corrected chi connectivity index (χ4v) is 2.05. The zero-order valence-electron chi connectivity index (χ0n) is 8.92. The van der Waals surface area contributed by atoms with Gasteiger partial charge in [-0.05, 0) is 15.9 Å². The molecule has 2 rings (SSSR count). The molecule has 9 heteroatoms. The first-order valence-electron chi connectivity index (χ1n) is 5.05. The fourth-order valence-electron chi connectivity index (χ4n) is 1.73. The molecular formula is C9H10BrFN2O5. The highest BCUT2D eigenvalue weighted by atomic mass is 79.9. The van der Waals surface area contributed by atoms with Crippen molar-refractivity contribution >= 4 is 15.9 Å². The van der Waals surface area contributed by atoms with Gasteiger partial charge in [-0.25, -0.2) is 9.18 Å². The summed E-state index contributed by atoms with van der Waals surface area (Å²) < 4.78 is 19.6. The van der Waals surface area contributed by atoms with Crippen LogP contribution in [0.25, 0.3) is 0 Å². The van der Waals surface area contributed by atoms with E-state index in [-0.39, 0.29) is 4.47 Å². The molecule has 0 aliphatic carbocycles. The lowest BCUT2D eigenvalue weighted by molar-refractivity contribution is -0.0492. The number of H-pyrrole nitrogens is 1. The number of hydrogen-bond donors (Lipinski definition) is 3. The van der Waals surface area contributed by atoms with Gasteiger partial charge in [0, 0.05) is 6.20 Å². The second kappa shape index (κ2) is 4.92. The molecule has 2 heterocycles. The number of nitrogens with zero attached hydrogens (tertiary/aromatic N) is 1. The van der Waals surface area contributed by atoms with Crippen molar-refractivity contribution in [2.45, 2.75) is 24.6 Å². The molecule has 1 aliphatic rings. The Morgan fingerprint density at radius 2 is 2.22 bits per heavy atom. The van der Waals surface area contributed by atoms with E-state index < -0.39 is 42.5 Å². The molecular weight excluding hydrogens is 315 g/mol. The second-order valence-electron chi connectivity index (χ2n) is 3.83. The first-order valence-corrected chi connectivity index (χ1v) is 5.84. The van der Waals surface area contributed by atoms with Crippen LogP contribution >= 0.6 is 15.9 Å². The average Bonchev–Trinajstić information content (AvgIpc) is 2.61. The quantitative estimate of drug-likeness (QED) is 0.639. The van der Waals surface area contributed by atoms with Crippen LogP contribution in [0.1, 0.15) is 6.23 Å². The van der Waals surface area contributed by atoms with Crippen LogP contribution in [0.15, 0.2) is 20.3 Å². The molecule has 3 N–H and O–H groups in total. The Bertz CT molecular complexity index is 559. The third-order valence-electron chi connectivity index (χ3n) is 2.67. The summed E-state index contributed by atoms with van der Waals surface area (Å²) in [5.74, 6) is 0. The summed E-state index contributed by atoms with van der Waals surface area (Å²) in [7, 11) is 0. The molecule has 1 aromatic heterocycles. The van der Waals surface area contributed by atoms with Gasteiger partial charge >= 0.3 is 5.69 Å². The van der Waals surface area contributed by atoms with Gasteiger partial charge in [-0.2, -0.15) is 0 Å². The molecule has 100 valence electrons. The SMILES string of the molecule is O=c1[nH]c(=O)n(C2O[C@H](CO)[C@@H](O)[C@H]2F)cc1Br. The Hall–Kier alpha value is -1.03. The van der Waals surface area contributed by atoms with Gasteiger partial charge in [0.1, 0.15) is 12.2 Å². The molecule has 0 amide bonds. The third-order valence-corrected chi connectivity index (χ3v) is 3.24. The van der Waals surface area contributed by atoms with E-state index in [1.807, 2.05) is 4.98 Å². The summed E-state index contributed by atoms with van der Waals surface area (Å²) in [5, 5.41) is 18.3. The fraction of sp³-hybridized carbons (Fsp3) is 0.556. The number of nitrogens with one attached hydrogen (secondary N) is 1. The number of aromatic nitrogens is 2. The van der Waals surface area contributed by atoms with E-state index in [2.05, 4.69) is 15.9 Å². The number of rotatable bonds is 2. The maximum Gasteiger partial charge on any atom is 0.330 e. The minimum Gasteiger partial charge on any atom is -0.394 e. The zero-order chi connectivity index (χ0) is 13.4. The summed E-state index contributed by atoms with van der Waals surface area (Å²) in [5.41, 5.74) is -1.51. The largest absolute Gasteiger partial charge is 0.394 e. The van der Waals surface area contributed by atoms with Gasteiger partial charge in [0.2, 0.25) is 0 Å². The minimum atomic E-state index is -1.88. The monoisotopic (exact) mass is 324 g/mol. The normalized spacial score (nSPS) is 31.8. The lowest BCUT2D eigenvalue weighted by Gasteiger charge is -2.15. The van der Waals surface area contributed by atoms with Crippen LogP contribution in [-0.4, -0.2) is 44.8 Å². The van der Waals surface area contributed by atoms with Crippen LogP contribution < -0.4 is 11.2 Å². The highest BCUT2D eigenvalue weighted by Gasteiger charge is 2.45. The molecule has 1 saturated heterocycles. The van der Waals surface area contributed by atoms with E-state index in [1.165, 1.54) is 0 Å². The van der Waals surface area contributed by atoms with Gasteiger partial charge in [-0.15, -0.1) is 0 Å². The van der Waals surface area contributed by atoms with Crippen molar-refractivity contribution in [3.63, 3.8) is 0 Å². The Kier molecular flexibility index (Phi) is 3.66. The van der Waals surface area contributed by atoms with Crippen molar-refractivity contribution in [2.24, 2.45) is 0 Å². The minimum absolute atomic E-state index is 0.0276. The smallest absolute Gasteiger partial charge is 0.330 e. The number of halogens is 2. The number of aliphatic hydroxyl groups excluding tert-OH is 2. The van der Waals surface area contributed by atoms with Gasteiger partial charge in [0.05, 0.1) is 11.1 Å². The highest BCUT2D eigenvalue weighted by molar-refractivity contribution is 9.10.